The topological polar surface area (TPSA) is 46.2 Å². The Morgan fingerprint density at radius 1 is 1.23 bits per heavy atom. The van der Waals surface area contributed by atoms with Crippen LogP contribution in [0, 0.1) is 6.92 Å². The third-order valence-electron chi connectivity index (χ3n) is 1.44. The summed E-state index contributed by atoms with van der Waals surface area (Å²) in [6.07, 6.45) is 1.14. The molecule has 1 rings (SSSR count). The summed E-state index contributed by atoms with van der Waals surface area (Å²) >= 11 is 0. The van der Waals surface area contributed by atoms with Crippen LogP contribution in [0.2, 0.25) is 0 Å². The molecular formula is C8H12NNaO2S. The van der Waals surface area contributed by atoms with Crippen molar-refractivity contribution in [1.29, 1.82) is 0 Å². The normalized spacial score (nSPS) is 10.3. The Hall–Kier alpha value is -0.0300. The summed E-state index contributed by atoms with van der Waals surface area (Å²) in [6, 6.07) is 7.24. The van der Waals surface area contributed by atoms with Crippen molar-refractivity contribution in [2.45, 2.75) is 6.92 Å². The van der Waals surface area contributed by atoms with Gasteiger partial charge in [0.25, 0.3) is 0 Å². The summed E-state index contributed by atoms with van der Waals surface area (Å²) in [6.45, 7) is 1.85. The van der Waals surface area contributed by atoms with Crippen LogP contribution in [0.1, 0.15) is 5.56 Å². The Labute approximate surface area is 101 Å². The van der Waals surface area contributed by atoms with Crippen molar-refractivity contribution in [3.05, 3.63) is 29.8 Å². The molecule has 0 fully saturated rings. The van der Waals surface area contributed by atoms with E-state index in [1.165, 1.54) is 0 Å². The maximum atomic E-state index is 10.8. The van der Waals surface area contributed by atoms with Gasteiger partial charge in [-0.05, 0) is 18.6 Å². The Bertz CT molecular complexity index is 375. The number of rotatable bonds is 2. The molecule has 5 heteroatoms. The number of hydrogen-bond donors (Lipinski definition) is 1. The minimum atomic E-state index is -3.15. The second kappa shape index (κ2) is 5.00. The third-order valence-corrected chi connectivity index (χ3v) is 2.03. The molecule has 0 heterocycles. The van der Waals surface area contributed by atoms with E-state index >= 15 is 0 Å². The van der Waals surface area contributed by atoms with Gasteiger partial charge in [-0.2, -0.15) is 0 Å². The second-order valence-electron chi connectivity index (χ2n) is 2.69. The summed E-state index contributed by atoms with van der Waals surface area (Å²) in [4.78, 5) is 0. The summed E-state index contributed by atoms with van der Waals surface area (Å²) in [5.74, 6) is 0. The molecule has 0 saturated carbocycles. The molecule has 1 aromatic carbocycles. The molecule has 13 heavy (non-hydrogen) atoms. The summed E-state index contributed by atoms with van der Waals surface area (Å²) in [5.41, 5.74) is 1.56. The van der Waals surface area contributed by atoms with E-state index in [0.717, 1.165) is 11.8 Å². The standard InChI is InChI=1S/C8H11NO2S.Na.H/c1-7-5-3-4-6-8(7)9-12(2,10)11;;/h3-6,9H,1-2H3;;. The molecule has 1 N–H and O–H groups in total. The predicted octanol–water partition coefficient (Wildman–Crippen LogP) is 0.718. The Morgan fingerprint density at radius 2 is 1.77 bits per heavy atom. The third kappa shape index (κ3) is 4.67. The molecule has 0 amide bonds. The molecule has 68 valence electrons. The zero-order valence-electron chi connectivity index (χ0n) is 7.03. The van der Waals surface area contributed by atoms with E-state index in [-0.39, 0.29) is 29.6 Å². The number of aryl methyl sites for hydroxylation is 1. The molecule has 0 unspecified atom stereocenters. The fourth-order valence-electron chi connectivity index (χ4n) is 0.887. The maximum absolute atomic E-state index is 10.8. The molecule has 3 nitrogen and oxygen atoms in total. The molecule has 0 aliphatic heterocycles. The first-order valence-electron chi connectivity index (χ1n) is 3.52. The van der Waals surface area contributed by atoms with E-state index in [1.807, 2.05) is 19.1 Å². The zero-order chi connectivity index (χ0) is 9.19. The number of anilines is 1. The van der Waals surface area contributed by atoms with Gasteiger partial charge < -0.3 is 0 Å². The van der Waals surface area contributed by atoms with E-state index in [4.69, 9.17) is 0 Å². The van der Waals surface area contributed by atoms with Gasteiger partial charge in [0.15, 0.2) is 0 Å². The van der Waals surface area contributed by atoms with Gasteiger partial charge in [-0.25, -0.2) is 8.42 Å². The molecule has 0 aliphatic carbocycles. The molecule has 0 radical (unpaired) electrons. The van der Waals surface area contributed by atoms with Crippen LogP contribution in [0.3, 0.4) is 0 Å². The Kier molecular flexibility index (Phi) is 4.99. The van der Waals surface area contributed by atoms with Crippen molar-refractivity contribution in [2.75, 3.05) is 11.0 Å². The summed E-state index contributed by atoms with van der Waals surface area (Å²) in [5, 5.41) is 0. The molecular weight excluding hydrogens is 197 g/mol. The van der Waals surface area contributed by atoms with E-state index in [0.29, 0.717) is 5.69 Å². The fourth-order valence-corrected chi connectivity index (χ4v) is 1.52. The van der Waals surface area contributed by atoms with E-state index in [1.54, 1.807) is 12.1 Å². The minimum absolute atomic E-state index is 0. The number of hydrogen-bond acceptors (Lipinski definition) is 2. The van der Waals surface area contributed by atoms with Crippen molar-refractivity contribution in [2.24, 2.45) is 0 Å². The molecule has 0 aliphatic rings. The molecule has 0 saturated heterocycles. The SMILES string of the molecule is Cc1ccccc1NS(C)(=O)=O.[NaH]. The summed E-state index contributed by atoms with van der Waals surface area (Å²) in [7, 11) is -3.15. The number of sulfonamides is 1. The Morgan fingerprint density at radius 3 is 2.23 bits per heavy atom. The zero-order valence-corrected chi connectivity index (χ0v) is 7.85. The van der Waals surface area contributed by atoms with E-state index in [2.05, 4.69) is 4.72 Å². The molecule has 0 spiro atoms. The van der Waals surface area contributed by atoms with Crippen LogP contribution in [-0.2, 0) is 10.0 Å². The molecule has 0 bridgehead atoms. The van der Waals surface area contributed by atoms with Gasteiger partial charge in [-0.15, -0.1) is 0 Å². The average Bonchev–Trinajstić information content (AvgIpc) is 1.91. The van der Waals surface area contributed by atoms with Gasteiger partial charge in [-0.1, -0.05) is 18.2 Å². The van der Waals surface area contributed by atoms with Crippen LogP contribution in [-0.4, -0.2) is 44.2 Å². The van der Waals surface area contributed by atoms with Crippen LogP contribution in [0.5, 0.6) is 0 Å². The monoisotopic (exact) mass is 209 g/mol. The van der Waals surface area contributed by atoms with Crippen molar-refractivity contribution < 1.29 is 8.42 Å². The molecule has 0 aromatic heterocycles. The van der Waals surface area contributed by atoms with Gasteiger partial charge in [0.1, 0.15) is 0 Å². The van der Waals surface area contributed by atoms with Gasteiger partial charge >= 0.3 is 29.6 Å². The first-order valence-corrected chi connectivity index (χ1v) is 5.41. The molecule has 1 aromatic rings. The number of para-hydroxylation sites is 1. The quantitative estimate of drug-likeness (QED) is 0.729. The van der Waals surface area contributed by atoms with Crippen molar-refractivity contribution in [1.82, 2.24) is 0 Å². The van der Waals surface area contributed by atoms with Crippen LogP contribution in [0.25, 0.3) is 0 Å². The van der Waals surface area contributed by atoms with Crippen LogP contribution in [0.15, 0.2) is 24.3 Å². The van der Waals surface area contributed by atoms with Gasteiger partial charge in [0.2, 0.25) is 10.0 Å². The van der Waals surface area contributed by atoms with E-state index in [9.17, 15) is 8.42 Å². The van der Waals surface area contributed by atoms with Crippen molar-refractivity contribution >= 4 is 45.3 Å². The summed E-state index contributed by atoms with van der Waals surface area (Å²) < 4.78 is 24.1. The first-order chi connectivity index (χ1) is 5.49. The van der Waals surface area contributed by atoms with Crippen LogP contribution in [0.4, 0.5) is 5.69 Å². The van der Waals surface area contributed by atoms with Gasteiger partial charge in [0, 0.05) is 0 Å². The number of benzene rings is 1. The van der Waals surface area contributed by atoms with E-state index < -0.39 is 10.0 Å². The predicted molar refractivity (Wildman–Crippen MR) is 56.8 cm³/mol. The first kappa shape index (κ1) is 13.0. The van der Waals surface area contributed by atoms with Crippen molar-refractivity contribution in [3.8, 4) is 0 Å². The van der Waals surface area contributed by atoms with Crippen LogP contribution < -0.4 is 4.72 Å². The Balaban J connectivity index is 0.00000144. The van der Waals surface area contributed by atoms with Gasteiger partial charge in [0.05, 0.1) is 11.9 Å². The second-order valence-corrected chi connectivity index (χ2v) is 4.44. The number of nitrogens with one attached hydrogen (secondary N) is 1. The average molecular weight is 209 g/mol. The molecule has 0 atom stereocenters. The van der Waals surface area contributed by atoms with Crippen LogP contribution >= 0.6 is 0 Å². The van der Waals surface area contributed by atoms with Gasteiger partial charge in [-0.3, -0.25) is 4.72 Å². The fraction of sp³-hybridized carbons (Fsp3) is 0.250. The van der Waals surface area contributed by atoms with Crippen molar-refractivity contribution in [3.63, 3.8) is 0 Å².